The zero-order valence-corrected chi connectivity index (χ0v) is 23.5. The minimum Gasteiger partial charge on any atom is -0.381 e. The number of nitrogens with zero attached hydrogens (tertiary/aromatic N) is 5. The zero-order valence-electron chi connectivity index (χ0n) is 22.7. The fourth-order valence-corrected chi connectivity index (χ4v) is 5.56. The Labute approximate surface area is 239 Å². The lowest BCUT2D eigenvalue weighted by molar-refractivity contribution is 0.0941. The smallest absolute Gasteiger partial charge is 0.263 e. The number of nitrogen functional groups attached to an aromatic ring is 1. The average Bonchev–Trinajstić information content (AvgIpc) is 3.54. The van der Waals surface area contributed by atoms with E-state index in [1.165, 1.54) is 0 Å². The van der Waals surface area contributed by atoms with Crippen molar-refractivity contribution in [2.24, 2.45) is 0 Å². The summed E-state index contributed by atoms with van der Waals surface area (Å²) in [6.45, 7) is 5.66. The highest BCUT2D eigenvalue weighted by atomic mass is 32.1. The number of rotatable bonds is 6. The van der Waals surface area contributed by atoms with Gasteiger partial charge in [0.2, 0.25) is 0 Å². The van der Waals surface area contributed by atoms with Gasteiger partial charge in [-0.3, -0.25) is 14.2 Å². The Bertz CT molecular complexity index is 2020. The van der Waals surface area contributed by atoms with Crippen LogP contribution in [0.4, 0.5) is 5.82 Å². The minimum atomic E-state index is -0.559. The third-order valence-corrected chi connectivity index (χ3v) is 7.74. The van der Waals surface area contributed by atoms with Gasteiger partial charge in [0, 0.05) is 28.7 Å². The van der Waals surface area contributed by atoms with Crippen LogP contribution in [0.15, 0.2) is 77.0 Å². The summed E-state index contributed by atoms with van der Waals surface area (Å²) < 4.78 is 3.20. The number of hydrogen-bond donors (Lipinski definition) is 2. The molecule has 0 fully saturated rings. The largest absolute Gasteiger partial charge is 0.381 e. The van der Waals surface area contributed by atoms with E-state index in [0.29, 0.717) is 22.4 Å². The topological polar surface area (TPSA) is 120 Å². The van der Waals surface area contributed by atoms with Gasteiger partial charge in [-0.2, -0.15) is 0 Å². The molecule has 4 heterocycles. The maximum atomic E-state index is 14.2. The average molecular weight is 562 g/mol. The number of pyridine rings is 1. The number of carbonyl (C=O) groups excluding carboxylic acids is 1. The zero-order chi connectivity index (χ0) is 28.7. The van der Waals surface area contributed by atoms with Gasteiger partial charge >= 0.3 is 0 Å². The van der Waals surface area contributed by atoms with Crippen LogP contribution in [-0.4, -0.2) is 30.1 Å². The summed E-state index contributed by atoms with van der Waals surface area (Å²) in [5, 5.41) is 11.6. The fraction of sp³-hybridized carbons (Fsp3) is 0.129. The second-order valence-corrected chi connectivity index (χ2v) is 10.8. The van der Waals surface area contributed by atoms with Gasteiger partial charge in [-0.1, -0.05) is 42.5 Å². The predicted molar refractivity (Wildman–Crippen MR) is 163 cm³/mol. The number of anilines is 1. The van der Waals surface area contributed by atoms with Gasteiger partial charge in [0.25, 0.3) is 11.5 Å². The molecule has 0 aliphatic heterocycles. The van der Waals surface area contributed by atoms with E-state index in [1.807, 2.05) is 92.9 Å². The lowest BCUT2D eigenvalue weighted by Gasteiger charge is -2.21. The molecule has 0 saturated carbocycles. The number of hydrogen-bond acceptors (Lipinski definition) is 7. The van der Waals surface area contributed by atoms with E-state index in [9.17, 15) is 9.59 Å². The number of amides is 1. The number of aryl methyl sites for hydroxylation is 2. The highest BCUT2D eigenvalue weighted by Gasteiger charge is 2.24. The molecule has 0 spiro atoms. The van der Waals surface area contributed by atoms with Crippen molar-refractivity contribution in [3.8, 4) is 5.69 Å². The highest BCUT2D eigenvalue weighted by Crippen LogP contribution is 2.26. The maximum absolute atomic E-state index is 14.2. The van der Waals surface area contributed by atoms with Crippen molar-refractivity contribution in [2.45, 2.75) is 26.8 Å². The maximum Gasteiger partial charge on any atom is 0.263 e. The molecular formula is C31H27N7O2S. The molecule has 10 heteroatoms. The summed E-state index contributed by atoms with van der Waals surface area (Å²) in [7, 11) is 0. The Balaban J connectivity index is 1.46. The second kappa shape index (κ2) is 10.5. The molecule has 1 amide bonds. The summed E-state index contributed by atoms with van der Waals surface area (Å²) in [6, 6.07) is 18.3. The van der Waals surface area contributed by atoms with Crippen LogP contribution in [0.3, 0.4) is 0 Å². The molecular weight excluding hydrogens is 534 g/mol. The molecule has 0 aliphatic rings. The van der Waals surface area contributed by atoms with Crippen molar-refractivity contribution in [1.29, 1.82) is 0 Å². The van der Waals surface area contributed by atoms with Crippen molar-refractivity contribution < 1.29 is 4.79 Å². The Morgan fingerprint density at radius 1 is 1.07 bits per heavy atom. The first kappa shape index (κ1) is 26.1. The molecule has 0 saturated heterocycles. The minimum absolute atomic E-state index is 0.0854. The van der Waals surface area contributed by atoms with E-state index in [2.05, 4.69) is 20.4 Å². The predicted octanol–water partition coefficient (Wildman–Crippen LogP) is 5.35. The molecule has 1 atom stereocenters. The van der Waals surface area contributed by atoms with E-state index < -0.39 is 11.9 Å². The summed E-state index contributed by atoms with van der Waals surface area (Å²) in [4.78, 5) is 36.6. The molecule has 4 aromatic heterocycles. The Hall–Kier alpha value is -5.09. The lowest BCUT2D eigenvalue weighted by atomic mass is 10.0. The number of carbonyl (C=O) groups is 1. The third-order valence-electron chi connectivity index (χ3n) is 6.95. The first-order valence-electron chi connectivity index (χ1n) is 13.1. The van der Waals surface area contributed by atoms with E-state index in [4.69, 9.17) is 5.73 Å². The second-order valence-electron chi connectivity index (χ2n) is 9.76. The van der Waals surface area contributed by atoms with Crippen LogP contribution < -0.4 is 16.6 Å². The van der Waals surface area contributed by atoms with Gasteiger partial charge in [0.15, 0.2) is 11.5 Å². The molecule has 0 aliphatic carbocycles. The molecule has 0 bridgehead atoms. The molecule has 6 aromatic rings. The molecule has 2 aromatic carbocycles. The number of nitrogens with one attached hydrogen (secondary N) is 1. The Morgan fingerprint density at radius 2 is 1.88 bits per heavy atom. The normalized spacial score (nSPS) is 12.4. The van der Waals surface area contributed by atoms with Gasteiger partial charge in [-0.25, -0.2) is 14.5 Å². The molecule has 1 unspecified atom stereocenters. The number of benzene rings is 2. The van der Waals surface area contributed by atoms with Crippen molar-refractivity contribution in [3.63, 3.8) is 0 Å². The molecule has 3 N–H and O–H groups in total. The molecule has 6 rings (SSSR count). The molecule has 204 valence electrons. The first-order valence-corrected chi connectivity index (χ1v) is 13.9. The van der Waals surface area contributed by atoms with Crippen molar-refractivity contribution in [2.75, 3.05) is 5.73 Å². The van der Waals surface area contributed by atoms with Crippen LogP contribution in [0.1, 0.15) is 51.0 Å². The van der Waals surface area contributed by atoms with Crippen LogP contribution in [0.2, 0.25) is 0 Å². The van der Waals surface area contributed by atoms with Crippen molar-refractivity contribution in [3.05, 3.63) is 116 Å². The lowest BCUT2D eigenvalue weighted by Crippen LogP contribution is -2.32. The summed E-state index contributed by atoms with van der Waals surface area (Å²) in [6.07, 6.45) is 5.45. The summed E-state index contributed by atoms with van der Waals surface area (Å²) >= 11 is 1.58. The van der Waals surface area contributed by atoms with E-state index in [-0.39, 0.29) is 16.9 Å². The molecule has 0 radical (unpaired) electrons. The van der Waals surface area contributed by atoms with Crippen LogP contribution >= 0.6 is 11.3 Å². The van der Waals surface area contributed by atoms with Gasteiger partial charge in [0.05, 0.1) is 22.1 Å². The summed E-state index contributed by atoms with van der Waals surface area (Å²) in [5.41, 5.74) is 10.3. The van der Waals surface area contributed by atoms with Crippen LogP contribution in [0, 0.1) is 13.8 Å². The highest BCUT2D eigenvalue weighted by molar-refractivity contribution is 7.09. The number of aromatic nitrogens is 5. The molecule has 41 heavy (non-hydrogen) atoms. The van der Waals surface area contributed by atoms with E-state index >= 15 is 0 Å². The van der Waals surface area contributed by atoms with Crippen LogP contribution in [-0.2, 0) is 0 Å². The Morgan fingerprint density at radius 3 is 2.63 bits per heavy atom. The van der Waals surface area contributed by atoms with E-state index in [0.717, 1.165) is 27.3 Å². The molecule has 9 nitrogen and oxygen atoms in total. The first-order chi connectivity index (χ1) is 19.8. The van der Waals surface area contributed by atoms with Gasteiger partial charge in [-0.15, -0.1) is 16.4 Å². The quantitative estimate of drug-likeness (QED) is 0.283. The van der Waals surface area contributed by atoms with E-state index in [1.54, 1.807) is 32.7 Å². The third kappa shape index (κ3) is 4.78. The van der Waals surface area contributed by atoms with Gasteiger partial charge in [0.1, 0.15) is 5.56 Å². The van der Waals surface area contributed by atoms with Gasteiger partial charge in [-0.05, 0) is 62.1 Å². The Kier molecular flexibility index (Phi) is 6.68. The number of para-hydroxylation sites is 1. The standard InChI is InChI=1S/C31H27N7O2S/c1-18-14-15-33-29-27(28(32)36-38(18)29)30(39)34-19(2)25-16-22-9-7-8-21(12-13-23-17-41-20(3)35-23)26(22)31(40)37(25)24-10-5-4-6-11-24/h4-17,19H,1-3H3,(H2,32,36)(H,34,39). The van der Waals surface area contributed by atoms with Crippen LogP contribution in [0.25, 0.3) is 34.3 Å². The monoisotopic (exact) mass is 561 g/mol. The van der Waals surface area contributed by atoms with Crippen molar-refractivity contribution >= 4 is 51.6 Å². The number of fused-ring (bicyclic) bond motifs is 2. The van der Waals surface area contributed by atoms with Gasteiger partial charge < -0.3 is 11.1 Å². The number of thiazole rings is 1. The van der Waals surface area contributed by atoms with Crippen molar-refractivity contribution in [1.82, 2.24) is 29.5 Å². The number of nitrogens with two attached hydrogens (primary N) is 1. The SMILES string of the molecule is Cc1nc(C=Cc2cccc3cc(C(C)NC(=O)c4c(N)nn5c(C)ccnc45)n(-c4ccccc4)c(=O)c23)cs1. The fourth-order valence-electron chi connectivity index (χ4n) is 4.98. The van der Waals surface area contributed by atoms with Crippen LogP contribution in [0.5, 0.6) is 0 Å². The summed E-state index contributed by atoms with van der Waals surface area (Å²) in [5.74, 6) is -0.340.